The average molecular weight is 177 g/mol. The number of carboxylic acids is 1. The Balaban J connectivity index is 2.63. The third-order valence-corrected chi connectivity index (χ3v) is 4.06. The topological polar surface area (TPSA) is 66.7 Å². The van der Waals surface area contributed by atoms with Crippen LogP contribution in [0.3, 0.4) is 0 Å². The molecule has 0 aromatic rings. The van der Waals surface area contributed by atoms with Gasteiger partial charge in [0.25, 0.3) is 0 Å². The first kappa shape index (κ1) is 8.52. The van der Waals surface area contributed by atoms with Crippen molar-refractivity contribution in [2.45, 2.75) is 12.8 Å². The van der Waals surface area contributed by atoms with Crippen molar-refractivity contribution >= 4 is 15.7 Å². The lowest BCUT2D eigenvalue weighted by molar-refractivity contribution is -0.135. The molecule has 1 saturated heterocycles. The minimum absolute atomic E-state index is 0.307. The van der Waals surface area contributed by atoms with Crippen LogP contribution < -0.4 is 0 Å². The summed E-state index contributed by atoms with van der Waals surface area (Å²) in [7, 11) is -2.10. The van der Waals surface area contributed by atoms with E-state index in [1.807, 2.05) is 0 Å². The molecule has 0 unspecified atom stereocenters. The lowest BCUT2D eigenvalue weighted by atomic mass is 10.4. The monoisotopic (exact) mass is 177 g/mol. The Morgan fingerprint density at radius 2 is 2.00 bits per heavy atom. The second-order valence-electron chi connectivity index (χ2n) is 2.57. The van der Waals surface area contributed by atoms with Crippen molar-refractivity contribution in [1.29, 1.82) is 0 Å². The second-order valence-corrected chi connectivity index (χ2v) is 5.19. The van der Waals surface area contributed by atoms with Crippen LogP contribution in [0.1, 0.15) is 12.8 Å². The molecule has 4 nitrogen and oxygen atoms in total. The minimum atomic E-state index is -2.10. The van der Waals surface area contributed by atoms with E-state index in [-0.39, 0.29) is 6.54 Å². The van der Waals surface area contributed by atoms with Gasteiger partial charge in [0.1, 0.15) is 6.54 Å². The number of carboxylic acid groups (broad SMARTS) is 1. The summed E-state index contributed by atoms with van der Waals surface area (Å²) in [5.74, 6) is 0.167. The van der Waals surface area contributed by atoms with Crippen molar-refractivity contribution in [3.05, 3.63) is 0 Å². The molecule has 1 aliphatic rings. The maximum atomic E-state index is 11.5. The summed E-state index contributed by atoms with van der Waals surface area (Å²) in [5.41, 5.74) is 0. The highest BCUT2D eigenvalue weighted by Crippen LogP contribution is 2.12. The Hall–Kier alpha value is -0.580. The molecule has 0 aliphatic carbocycles. The summed E-state index contributed by atoms with van der Waals surface area (Å²) in [6, 6.07) is 0. The van der Waals surface area contributed by atoms with Crippen LogP contribution in [-0.2, 0) is 14.5 Å². The predicted octanol–water partition coefficient (Wildman–Crippen LogP) is 0.333. The van der Waals surface area contributed by atoms with Crippen molar-refractivity contribution in [3.63, 3.8) is 0 Å². The van der Waals surface area contributed by atoms with E-state index in [4.69, 9.17) is 5.11 Å². The van der Waals surface area contributed by atoms with Gasteiger partial charge < -0.3 is 5.11 Å². The normalized spacial score (nSPS) is 21.5. The third-order valence-electron chi connectivity index (χ3n) is 1.61. The lowest BCUT2D eigenvalue weighted by Crippen LogP contribution is -2.06. The first-order chi connectivity index (χ1) is 5.12. The van der Waals surface area contributed by atoms with E-state index in [1.54, 1.807) is 0 Å². The van der Waals surface area contributed by atoms with Crippen molar-refractivity contribution in [2.75, 3.05) is 18.1 Å². The highest BCUT2D eigenvalue weighted by molar-refractivity contribution is 7.93. The van der Waals surface area contributed by atoms with Crippen molar-refractivity contribution in [1.82, 2.24) is 0 Å². The van der Waals surface area contributed by atoms with E-state index in [0.717, 1.165) is 12.8 Å². The SMILES string of the molecule is O=C(O)CN=S1(=O)CCCC1. The van der Waals surface area contributed by atoms with Gasteiger partial charge in [-0.25, -0.2) is 8.57 Å². The fourth-order valence-corrected chi connectivity index (χ4v) is 3.18. The van der Waals surface area contributed by atoms with E-state index in [2.05, 4.69) is 4.36 Å². The van der Waals surface area contributed by atoms with Gasteiger partial charge in [-0.2, -0.15) is 0 Å². The molecule has 0 bridgehead atoms. The number of rotatable bonds is 2. The van der Waals surface area contributed by atoms with Crippen LogP contribution >= 0.6 is 0 Å². The molecule has 1 aliphatic heterocycles. The molecule has 1 fully saturated rings. The summed E-state index contributed by atoms with van der Waals surface area (Å²) in [6.07, 6.45) is 1.84. The van der Waals surface area contributed by atoms with E-state index >= 15 is 0 Å². The zero-order valence-electron chi connectivity index (χ0n) is 6.15. The molecule has 0 aromatic heterocycles. The molecule has 0 aromatic carbocycles. The molecule has 0 radical (unpaired) electrons. The Morgan fingerprint density at radius 1 is 1.45 bits per heavy atom. The van der Waals surface area contributed by atoms with Gasteiger partial charge in [0, 0.05) is 21.2 Å². The molecule has 11 heavy (non-hydrogen) atoms. The Morgan fingerprint density at radius 3 is 2.45 bits per heavy atom. The van der Waals surface area contributed by atoms with Crippen molar-refractivity contribution < 1.29 is 14.1 Å². The van der Waals surface area contributed by atoms with Crippen LogP contribution in [0.4, 0.5) is 0 Å². The van der Waals surface area contributed by atoms with Gasteiger partial charge in [0.15, 0.2) is 0 Å². The number of carbonyl (C=O) groups is 1. The van der Waals surface area contributed by atoms with Gasteiger partial charge in [-0.05, 0) is 12.8 Å². The van der Waals surface area contributed by atoms with Gasteiger partial charge in [-0.1, -0.05) is 0 Å². The second kappa shape index (κ2) is 3.21. The maximum absolute atomic E-state index is 11.5. The zero-order chi connectivity index (χ0) is 8.32. The average Bonchev–Trinajstić information content (AvgIpc) is 2.33. The van der Waals surface area contributed by atoms with Crippen LogP contribution in [0.25, 0.3) is 0 Å². The molecule has 0 saturated carbocycles. The van der Waals surface area contributed by atoms with Gasteiger partial charge >= 0.3 is 5.97 Å². The van der Waals surface area contributed by atoms with Gasteiger partial charge in [0.2, 0.25) is 0 Å². The molecule has 0 amide bonds. The quantitative estimate of drug-likeness (QED) is 0.661. The summed E-state index contributed by atoms with van der Waals surface area (Å²) in [4.78, 5) is 10.1. The molecule has 64 valence electrons. The fourth-order valence-electron chi connectivity index (χ4n) is 1.06. The first-order valence-corrected chi connectivity index (χ1v) is 5.38. The van der Waals surface area contributed by atoms with Crippen LogP contribution in [0.2, 0.25) is 0 Å². The highest BCUT2D eigenvalue weighted by Gasteiger charge is 2.15. The fraction of sp³-hybridized carbons (Fsp3) is 0.833. The Kier molecular flexibility index (Phi) is 2.49. The number of aliphatic carboxylic acids is 1. The Bertz CT molecular complexity index is 253. The molecule has 1 N–H and O–H groups in total. The van der Waals surface area contributed by atoms with E-state index in [0.29, 0.717) is 11.5 Å². The smallest absolute Gasteiger partial charge is 0.326 e. The van der Waals surface area contributed by atoms with E-state index in [1.165, 1.54) is 0 Å². The Labute approximate surface area is 65.8 Å². The summed E-state index contributed by atoms with van der Waals surface area (Å²) < 4.78 is 15.1. The third kappa shape index (κ3) is 2.49. The minimum Gasteiger partial charge on any atom is -0.480 e. The predicted molar refractivity (Wildman–Crippen MR) is 42.0 cm³/mol. The molecule has 1 heterocycles. The molecule has 1 rings (SSSR count). The molecule has 0 spiro atoms. The van der Waals surface area contributed by atoms with Crippen LogP contribution in [0, 0.1) is 0 Å². The molecule has 0 atom stereocenters. The van der Waals surface area contributed by atoms with Gasteiger partial charge in [-0.15, -0.1) is 0 Å². The van der Waals surface area contributed by atoms with Gasteiger partial charge in [-0.3, -0.25) is 4.79 Å². The maximum Gasteiger partial charge on any atom is 0.326 e. The van der Waals surface area contributed by atoms with E-state index in [9.17, 15) is 9.00 Å². The largest absolute Gasteiger partial charge is 0.480 e. The highest BCUT2D eigenvalue weighted by atomic mass is 32.2. The van der Waals surface area contributed by atoms with Gasteiger partial charge in [0.05, 0.1) is 0 Å². The number of hydrogen-bond acceptors (Lipinski definition) is 3. The molecular formula is C6H11NO3S. The van der Waals surface area contributed by atoms with E-state index < -0.39 is 15.7 Å². The molecular weight excluding hydrogens is 166 g/mol. The lowest BCUT2D eigenvalue weighted by Gasteiger charge is -1.96. The standard InChI is InChI=1S/C6H11NO3S/c8-6(9)5-7-11(10)3-1-2-4-11/h1-5H2,(H,8,9). The van der Waals surface area contributed by atoms with Crippen LogP contribution in [0.5, 0.6) is 0 Å². The first-order valence-electron chi connectivity index (χ1n) is 3.52. The zero-order valence-corrected chi connectivity index (χ0v) is 6.97. The summed E-state index contributed by atoms with van der Waals surface area (Å²) in [6.45, 7) is -0.307. The molecule has 5 heteroatoms. The number of hydrogen-bond donors (Lipinski definition) is 1. The van der Waals surface area contributed by atoms with Crippen molar-refractivity contribution in [2.24, 2.45) is 4.36 Å². The summed E-state index contributed by atoms with van der Waals surface area (Å²) in [5, 5.41) is 8.27. The number of nitrogens with zero attached hydrogens (tertiary/aromatic N) is 1. The van der Waals surface area contributed by atoms with Crippen molar-refractivity contribution in [3.8, 4) is 0 Å². The van der Waals surface area contributed by atoms with Crippen LogP contribution in [0.15, 0.2) is 4.36 Å². The summed E-state index contributed by atoms with van der Waals surface area (Å²) >= 11 is 0. The van der Waals surface area contributed by atoms with Crippen LogP contribution in [-0.4, -0.2) is 33.3 Å².